The Morgan fingerprint density at radius 1 is 0.778 bits per heavy atom. The van der Waals surface area contributed by atoms with Crippen LogP contribution < -0.4 is 0 Å². The van der Waals surface area contributed by atoms with Gasteiger partial charge < -0.3 is 9.47 Å². The van der Waals surface area contributed by atoms with Crippen LogP contribution >= 0.6 is 0 Å². The van der Waals surface area contributed by atoms with Gasteiger partial charge in [-0.25, -0.2) is 0 Å². The molecule has 4 rings (SSSR count). The lowest BCUT2D eigenvalue weighted by molar-refractivity contribution is -0.162. The average Bonchev–Trinajstić information content (AvgIpc) is 3.32. The topological polar surface area (TPSA) is 86.7 Å². The molecule has 6 nitrogen and oxygen atoms in total. The molecule has 0 aliphatic heterocycles. The first-order valence-corrected chi connectivity index (χ1v) is 8.40. The second kappa shape index (κ2) is 5.61. The molecule has 27 heavy (non-hydrogen) atoms. The van der Waals surface area contributed by atoms with E-state index < -0.39 is 40.3 Å². The number of rotatable bonds is 3. The van der Waals surface area contributed by atoms with Gasteiger partial charge in [0.1, 0.15) is 5.41 Å². The third-order valence-electron chi connectivity index (χ3n) is 5.68. The average molecular weight is 364 g/mol. The molecule has 0 saturated heterocycles. The van der Waals surface area contributed by atoms with E-state index in [9.17, 15) is 19.2 Å². The van der Waals surface area contributed by atoms with E-state index in [2.05, 4.69) is 0 Å². The van der Waals surface area contributed by atoms with Crippen molar-refractivity contribution in [3.63, 3.8) is 0 Å². The van der Waals surface area contributed by atoms with E-state index in [1.165, 1.54) is 12.1 Å². The molecule has 2 aromatic carbocycles. The lowest BCUT2D eigenvalue weighted by Gasteiger charge is -2.15. The molecular weight excluding hydrogens is 348 g/mol. The first-order valence-electron chi connectivity index (χ1n) is 8.40. The molecule has 6 heteroatoms. The van der Waals surface area contributed by atoms with Crippen LogP contribution in [-0.2, 0) is 19.1 Å². The molecule has 0 amide bonds. The summed E-state index contributed by atoms with van der Waals surface area (Å²) in [6.07, 6.45) is 0. The van der Waals surface area contributed by atoms with Crippen molar-refractivity contribution in [2.24, 2.45) is 10.8 Å². The molecule has 0 unspecified atom stereocenters. The van der Waals surface area contributed by atoms with Crippen molar-refractivity contribution in [1.29, 1.82) is 0 Å². The first-order chi connectivity index (χ1) is 13.0. The minimum Gasteiger partial charge on any atom is -0.468 e. The maximum Gasteiger partial charge on any atom is 0.325 e. The van der Waals surface area contributed by atoms with Crippen molar-refractivity contribution in [2.45, 2.75) is 5.92 Å². The summed E-state index contributed by atoms with van der Waals surface area (Å²) < 4.78 is 9.78. The number of carbonyl (C=O) groups is 4. The lowest BCUT2D eigenvalue weighted by atomic mass is 9.87. The minimum atomic E-state index is -2.04. The predicted molar refractivity (Wildman–Crippen MR) is 93.2 cm³/mol. The molecule has 0 heterocycles. The second-order valence-corrected chi connectivity index (χ2v) is 6.65. The van der Waals surface area contributed by atoms with Crippen LogP contribution in [0.4, 0.5) is 0 Å². The molecule has 1 spiro atoms. The number of benzene rings is 2. The van der Waals surface area contributed by atoms with Crippen LogP contribution in [0.1, 0.15) is 32.2 Å². The van der Waals surface area contributed by atoms with E-state index in [1.54, 1.807) is 42.5 Å². The Kier molecular flexibility index (Phi) is 3.56. The minimum absolute atomic E-state index is 0.207. The summed E-state index contributed by atoms with van der Waals surface area (Å²) in [7, 11) is 2.25. The standard InChI is InChI=1S/C21H16O6/c1-26-18(24)21(19(25)27-2)15(12-8-4-3-5-9-12)20(21)16(22)13-10-6-7-11-14(13)17(20)23/h3-11,15H,1-2H3/t15-/m0/s1. The third kappa shape index (κ3) is 1.75. The molecule has 1 atom stereocenters. The lowest BCUT2D eigenvalue weighted by Crippen LogP contribution is -2.39. The Morgan fingerprint density at radius 2 is 1.22 bits per heavy atom. The quantitative estimate of drug-likeness (QED) is 0.613. The van der Waals surface area contributed by atoms with Gasteiger partial charge in [-0.15, -0.1) is 0 Å². The zero-order valence-electron chi connectivity index (χ0n) is 14.7. The number of ether oxygens (including phenoxy) is 2. The maximum atomic E-state index is 13.4. The monoisotopic (exact) mass is 364 g/mol. The van der Waals surface area contributed by atoms with Gasteiger partial charge in [0.15, 0.2) is 17.0 Å². The Bertz CT molecular complexity index is 940. The Morgan fingerprint density at radius 3 is 1.67 bits per heavy atom. The maximum absolute atomic E-state index is 13.4. The molecule has 2 aliphatic carbocycles. The van der Waals surface area contributed by atoms with E-state index in [-0.39, 0.29) is 11.1 Å². The summed E-state index contributed by atoms with van der Waals surface area (Å²) in [4.78, 5) is 52.5. The predicted octanol–water partition coefficient (Wildman–Crippen LogP) is 2.18. The van der Waals surface area contributed by atoms with Crippen molar-refractivity contribution >= 4 is 23.5 Å². The van der Waals surface area contributed by atoms with E-state index >= 15 is 0 Å². The second-order valence-electron chi connectivity index (χ2n) is 6.65. The van der Waals surface area contributed by atoms with Crippen LogP contribution in [0.25, 0.3) is 0 Å². The number of hydrogen-bond acceptors (Lipinski definition) is 6. The summed E-state index contributed by atoms with van der Waals surface area (Å²) in [5.41, 5.74) is -2.97. The van der Waals surface area contributed by atoms with Crippen molar-refractivity contribution in [3.8, 4) is 0 Å². The molecule has 0 bridgehead atoms. The van der Waals surface area contributed by atoms with Gasteiger partial charge in [0.2, 0.25) is 0 Å². The first kappa shape index (κ1) is 17.1. The van der Waals surface area contributed by atoms with E-state index in [0.717, 1.165) is 14.2 Å². The number of methoxy groups -OCH3 is 2. The highest BCUT2D eigenvalue weighted by Crippen LogP contribution is 2.79. The van der Waals surface area contributed by atoms with Crippen LogP contribution in [-0.4, -0.2) is 37.7 Å². The molecular formula is C21H16O6. The van der Waals surface area contributed by atoms with Gasteiger partial charge >= 0.3 is 11.9 Å². The van der Waals surface area contributed by atoms with Crippen LogP contribution in [0.3, 0.4) is 0 Å². The number of fused-ring (bicyclic) bond motifs is 1. The fourth-order valence-electron chi connectivity index (χ4n) is 4.61. The molecule has 0 aromatic heterocycles. The fourth-order valence-corrected chi connectivity index (χ4v) is 4.61. The summed E-state index contributed by atoms with van der Waals surface area (Å²) >= 11 is 0. The van der Waals surface area contributed by atoms with Crippen LogP contribution in [0.15, 0.2) is 54.6 Å². The number of esters is 2. The summed E-state index contributed by atoms with van der Waals surface area (Å²) in [6, 6.07) is 14.9. The summed E-state index contributed by atoms with van der Waals surface area (Å²) in [6.45, 7) is 0. The van der Waals surface area contributed by atoms with Gasteiger partial charge in [-0.1, -0.05) is 54.6 Å². The summed E-state index contributed by atoms with van der Waals surface area (Å²) in [5.74, 6) is -3.98. The molecule has 0 radical (unpaired) electrons. The molecule has 2 aromatic rings. The van der Waals surface area contributed by atoms with Crippen LogP contribution in [0.5, 0.6) is 0 Å². The molecule has 0 N–H and O–H groups in total. The smallest absolute Gasteiger partial charge is 0.325 e. The zero-order chi connectivity index (χ0) is 19.4. The molecule has 136 valence electrons. The van der Waals surface area contributed by atoms with Crippen LogP contribution in [0.2, 0.25) is 0 Å². The van der Waals surface area contributed by atoms with Gasteiger partial charge in [0.25, 0.3) is 0 Å². The molecule has 1 fully saturated rings. The highest BCUT2D eigenvalue weighted by atomic mass is 16.5. The van der Waals surface area contributed by atoms with Gasteiger partial charge in [0, 0.05) is 17.0 Å². The van der Waals surface area contributed by atoms with E-state index in [1.807, 2.05) is 0 Å². The molecule has 1 saturated carbocycles. The van der Waals surface area contributed by atoms with Crippen molar-refractivity contribution in [2.75, 3.05) is 14.2 Å². The normalized spacial score (nSPS) is 20.9. The number of Topliss-reactive ketones (excluding diaryl/α,β-unsaturated/α-hetero) is 2. The van der Waals surface area contributed by atoms with Crippen molar-refractivity contribution < 1.29 is 28.7 Å². The Labute approximate surface area is 155 Å². The van der Waals surface area contributed by atoms with Gasteiger partial charge in [0.05, 0.1) is 14.2 Å². The Hall–Kier alpha value is -3.28. The highest BCUT2D eigenvalue weighted by Gasteiger charge is 2.94. The Balaban J connectivity index is 2.03. The number of hydrogen-bond donors (Lipinski definition) is 0. The van der Waals surface area contributed by atoms with Crippen LogP contribution in [0, 0.1) is 10.8 Å². The van der Waals surface area contributed by atoms with Gasteiger partial charge in [-0.2, -0.15) is 0 Å². The van der Waals surface area contributed by atoms with Gasteiger partial charge in [-0.3, -0.25) is 19.2 Å². The molecule has 2 aliphatic rings. The third-order valence-corrected chi connectivity index (χ3v) is 5.68. The van der Waals surface area contributed by atoms with Crippen molar-refractivity contribution in [1.82, 2.24) is 0 Å². The summed E-state index contributed by atoms with van der Waals surface area (Å²) in [5, 5.41) is 0. The fraction of sp³-hybridized carbons (Fsp3) is 0.238. The SMILES string of the molecule is COC(=O)C1(C(=O)OC)[C@@H](c2ccccc2)C12C(=O)c1ccccc1C2=O. The van der Waals surface area contributed by atoms with E-state index in [0.29, 0.717) is 5.56 Å². The number of carbonyl (C=O) groups excluding carboxylic acids is 4. The zero-order valence-corrected chi connectivity index (χ0v) is 14.7. The largest absolute Gasteiger partial charge is 0.468 e. The van der Waals surface area contributed by atoms with Crippen molar-refractivity contribution in [3.05, 3.63) is 71.3 Å². The number of ketones is 2. The highest BCUT2D eigenvalue weighted by molar-refractivity contribution is 6.39. The van der Waals surface area contributed by atoms with E-state index in [4.69, 9.17) is 9.47 Å². The van der Waals surface area contributed by atoms with Gasteiger partial charge in [-0.05, 0) is 5.56 Å².